The fourth-order valence-corrected chi connectivity index (χ4v) is 1.27. The van der Waals surface area contributed by atoms with Gasteiger partial charge in [0.25, 0.3) is 5.69 Å². The molecule has 0 unspecified atom stereocenters. The van der Waals surface area contributed by atoms with E-state index in [9.17, 15) is 19.3 Å². The minimum absolute atomic E-state index is 0.0455. The van der Waals surface area contributed by atoms with Gasteiger partial charge in [0.1, 0.15) is 11.5 Å². The van der Waals surface area contributed by atoms with Crippen molar-refractivity contribution in [1.82, 2.24) is 0 Å². The van der Waals surface area contributed by atoms with E-state index in [1.165, 1.54) is 0 Å². The number of nitrogens with zero attached hydrogens (tertiary/aromatic N) is 1. The van der Waals surface area contributed by atoms with Crippen molar-refractivity contribution in [1.29, 1.82) is 0 Å². The number of rotatable bonds is 6. The Hall–Kier alpha value is -2.18. The largest absolute Gasteiger partial charge is 0.481 e. The zero-order valence-electron chi connectivity index (χ0n) is 8.85. The Balaban J connectivity index is 2.65. The quantitative estimate of drug-likeness (QED) is 0.452. The molecule has 92 valence electrons. The molecule has 0 aliphatic carbocycles. The summed E-state index contributed by atoms with van der Waals surface area (Å²) in [6.07, 6.45) is 0.263. The van der Waals surface area contributed by atoms with Gasteiger partial charge in [-0.15, -0.1) is 0 Å². The van der Waals surface area contributed by atoms with E-state index in [1.807, 2.05) is 0 Å². The molecule has 0 bridgehead atoms. The molecule has 0 amide bonds. The lowest BCUT2D eigenvalue weighted by Crippen LogP contribution is -2.06. The lowest BCUT2D eigenvalue weighted by molar-refractivity contribution is -0.384. The molecule has 0 aliphatic rings. The molecule has 0 spiro atoms. The lowest BCUT2D eigenvalue weighted by Gasteiger charge is -2.06. The van der Waals surface area contributed by atoms with Gasteiger partial charge < -0.3 is 10.4 Å². The molecule has 6 nitrogen and oxygen atoms in total. The molecule has 17 heavy (non-hydrogen) atoms. The monoisotopic (exact) mass is 242 g/mol. The van der Waals surface area contributed by atoms with Gasteiger partial charge in [0.15, 0.2) is 0 Å². The van der Waals surface area contributed by atoms with Gasteiger partial charge in [-0.3, -0.25) is 14.9 Å². The molecule has 7 heteroatoms. The summed E-state index contributed by atoms with van der Waals surface area (Å²) < 4.78 is 12.9. The average molecular weight is 242 g/mol. The summed E-state index contributed by atoms with van der Waals surface area (Å²) in [4.78, 5) is 20.2. The summed E-state index contributed by atoms with van der Waals surface area (Å²) in [6.45, 7) is 0.233. The molecule has 2 N–H and O–H groups in total. The number of carbonyl (C=O) groups is 1. The molecule has 0 saturated heterocycles. The van der Waals surface area contributed by atoms with Gasteiger partial charge >= 0.3 is 5.97 Å². The molecular weight excluding hydrogens is 231 g/mol. The second kappa shape index (κ2) is 5.78. The minimum Gasteiger partial charge on any atom is -0.481 e. The van der Waals surface area contributed by atoms with Gasteiger partial charge in [-0.05, 0) is 12.5 Å². The molecule has 1 aromatic carbocycles. The van der Waals surface area contributed by atoms with Crippen LogP contribution >= 0.6 is 0 Å². The van der Waals surface area contributed by atoms with E-state index in [-0.39, 0.29) is 24.3 Å². The standard InChI is InChI=1S/C10H11FN2O4/c11-7-3-4-9(13(16)17)8(6-7)12-5-1-2-10(14)15/h3-4,6,12H,1-2,5H2,(H,14,15). The number of anilines is 1. The van der Waals surface area contributed by atoms with Crippen molar-refractivity contribution in [3.05, 3.63) is 34.1 Å². The molecule has 0 aliphatic heterocycles. The predicted octanol–water partition coefficient (Wildman–Crippen LogP) is 2.01. The van der Waals surface area contributed by atoms with Crippen LogP contribution in [0.5, 0.6) is 0 Å². The van der Waals surface area contributed by atoms with E-state index < -0.39 is 16.7 Å². The van der Waals surface area contributed by atoms with Crippen LogP contribution in [0.4, 0.5) is 15.8 Å². The molecule has 0 saturated carbocycles. The van der Waals surface area contributed by atoms with Crippen molar-refractivity contribution >= 4 is 17.3 Å². The summed E-state index contributed by atoms with van der Waals surface area (Å²) in [6, 6.07) is 3.08. The number of nitro benzene ring substituents is 1. The number of hydrogen-bond donors (Lipinski definition) is 2. The Kier molecular flexibility index (Phi) is 4.38. The molecule has 1 aromatic rings. The number of nitro groups is 1. The van der Waals surface area contributed by atoms with Crippen molar-refractivity contribution in [2.24, 2.45) is 0 Å². The van der Waals surface area contributed by atoms with E-state index in [4.69, 9.17) is 5.11 Å². The Labute approximate surface area is 96.2 Å². The molecule has 1 rings (SSSR count). The van der Waals surface area contributed by atoms with E-state index in [2.05, 4.69) is 5.32 Å². The van der Waals surface area contributed by atoms with Crippen molar-refractivity contribution < 1.29 is 19.2 Å². The topological polar surface area (TPSA) is 92.5 Å². The van der Waals surface area contributed by atoms with Crippen LogP contribution < -0.4 is 5.32 Å². The van der Waals surface area contributed by atoms with Crippen molar-refractivity contribution in [3.63, 3.8) is 0 Å². The molecule has 0 fully saturated rings. The van der Waals surface area contributed by atoms with E-state index in [1.54, 1.807) is 0 Å². The number of nitrogens with one attached hydrogen (secondary N) is 1. The maximum absolute atomic E-state index is 12.9. The highest BCUT2D eigenvalue weighted by Gasteiger charge is 2.13. The zero-order valence-corrected chi connectivity index (χ0v) is 8.85. The third kappa shape index (κ3) is 4.06. The summed E-state index contributed by atoms with van der Waals surface area (Å²) >= 11 is 0. The molecule has 0 heterocycles. The number of aliphatic carboxylic acids is 1. The maximum atomic E-state index is 12.9. The van der Waals surface area contributed by atoms with E-state index >= 15 is 0 Å². The summed E-state index contributed by atoms with van der Waals surface area (Å²) in [7, 11) is 0. The van der Waals surface area contributed by atoms with Crippen molar-refractivity contribution in [2.45, 2.75) is 12.8 Å². The van der Waals surface area contributed by atoms with Crippen LogP contribution in [0.2, 0.25) is 0 Å². The number of halogens is 1. The average Bonchev–Trinajstić information content (AvgIpc) is 2.23. The second-order valence-electron chi connectivity index (χ2n) is 3.34. The van der Waals surface area contributed by atoms with Gasteiger partial charge in [0.05, 0.1) is 4.92 Å². The smallest absolute Gasteiger partial charge is 0.303 e. The van der Waals surface area contributed by atoms with Gasteiger partial charge in [0, 0.05) is 25.1 Å². The maximum Gasteiger partial charge on any atom is 0.303 e. The van der Waals surface area contributed by atoms with Crippen molar-refractivity contribution in [3.8, 4) is 0 Å². The number of carboxylic acids is 1. The van der Waals surface area contributed by atoms with Crippen LogP contribution in [0.15, 0.2) is 18.2 Å². The van der Waals surface area contributed by atoms with Crippen LogP contribution in [0.3, 0.4) is 0 Å². The minimum atomic E-state index is -0.944. The fraction of sp³-hybridized carbons (Fsp3) is 0.300. The summed E-state index contributed by atoms with van der Waals surface area (Å²) in [5.74, 6) is -1.53. The normalized spacial score (nSPS) is 9.94. The number of hydrogen-bond acceptors (Lipinski definition) is 4. The Morgan fingerprint density at radius 3 is 2.82 bits per heavy atom. The van der Waals surface area contributed by atoms with Crippen molar-refractivity contribution in [2.75, 3.05) is 11.9 Å². The SMILES string of the molecule is O=C(O)CCCNc1cc(F)ccc1[N+](=O)[O-]. The van der Waals surface area contributed by atoms with Crippen LogP contribution in [-0.2, 0) is 4.79 Å². The highest BCUT2D eigenvalue weighted by Crippen LogP contribution is 2.24. The van der Waals surface area contributed by atoms with E-state index in [0.29, 0.717) is 6.42 Å². The van der Waals surface area contributed by atoms with Gasteiger partial charge in [-0.2, -0.15) is 0 Å². The first kappa shape index (κ1) is 12.9. The third-order valence-corrected chi connectivity index (χ3v) is 2.04. The summed E-state index contributed by atoms with van der Waals surface area (Å²) in [5, 5.41) is 21.7. The Morgan fingerprint density at radius 2 is 2.24 bits per heavy atom. The van der Waals surface area contributed by atoms with E-state index in [0.717, 1.165) is 18.2 Å². The van der Waals surface area contributed by atoms with Gasteiger partial charge in [-0.25, -0.2) is 4.39 Å². The Bertz CT molecular complexity index is 436. The van der Waals surface area contributed by atoms with Crippen LogP contribution in [0.25, 0.3) is 0 Å². The third-order valence-electron chi connectivity index (χ3n) is 2.04. The first-order valence-electron chi connectivity index (χ1n) is 4.90. The Morgan fingerprint density at radius 1 is 1.53 bits per heavy atom. The highest BCUT2D eigenvalue weighted by atomic mass is 19.1. The van der Waals surface area contributed by atoms with Crippen LogP contribution in [-0.4, -0.2) is 22.5 Å². The fourth-order valence-electron chi connectivity index (χ4n) is 1.27. The highest BCUT2D eigenvalue weighted by molar-refractivity contribution is 5.66. The van der Waals surface area contributed by atoms with Crippen LogP contribution in [0.1, 0.15) is 12.8 Å². The number of benzene rings is 1. The molecule has 0 radical (unpaired) electrons. The first-order valence-corrected chi connectivity index (χ1v) is 4.90. The zero-order chi connectivity index (χ0) is 12.8. The first-order chi connectivity index (χ1) is 8.00. The molecule has 0 aromatic heterocycles. The lowest BCUT2D eigenvalue weighted by atomic mass is 10.2. The van der Waals surface area contributed by atoms with Gasteiger partial charge in [0.2, 0.25) is 0 Å². The van der Waals surface area contributed by atoms with Gasteiger partial charge in [-0.1, -0.05) is 0 Å². The van der Waals surface area contributed by atoms with Crippen LogP contribution in [0, 0.1) is 15.9 Å². The summed E-state index contributed by atoms with van der Waals surface area (Å²) in [5.41, 5.74) is -0.179. The molecular formula is C10H11FN2O4. The second-order valence-corrected chi connectivity index (χ2v) is 3.34. The number of carboxylic acid groups (broad SMARTS) is 1. The predicted molar refractivity (Wildman–Crippen MR) is 58.4 cm³/mol. The molecule has 0 atom stereocenters.